The molecular formula is C60H39N3. The van der Waals surface area contributed by atoms with Gasteiger partial charge in [-0.2, -0.15) is 0 Å². The van der Waals surface area contributed by atoms with E-state index in [9.17, 15) is 0 Å². The second kappa shape index (κ2) is 15.9. The van der Waals surface area contributed by atoms with Gasteiger partial charge in [0, 0.05) is 16.7 Å². The van der Waals surface area contributed by atoms with Crippen molar-refractivity contribution < 1.29 is 0 Å². The van der Waals surface area contributed by atoms with E-state index in [1.165, 1.54) is 38.9 Å². The zero-order valence-corrected chi connectivity index (χ0v) is 34.4. The highest BCUT2D eigenvalue weighted by Gasteiger charge is 2.46. The molecule has 9 aromatic carbocycles. The van der Waals surface area contributed by atoms with Crippen molar-refractivity contribution in [2.45, 2.75) is 5.41 Å². The molecule has 11 rings (SSSR count). The van der Waals surface area contributed by atoms with Crippen LogP contribution in [0.15, 0.2) is 237 Å². The van der Waals surface area contributed by atoms with Crippen LogP contribution in [0.4, 0.5) is 5.69 Å². The summed E-state index contributed by atoms with van der Waals surface area (Å²) in [5, 5.41) is 0. The highest BCUT2D eigenvalue weighted by atomic mass is 14.9. The first kappa shape index (κ1) is 37.5. The van der Waals surface area contributed by atoms with Crippen molar-refractivity contribution in [1.82, 2.24) is 9.97 Å². The first-order valence-corrected chi connectivity index (χ1v) is 21.3. The Labute approximate surface area is 368 Å². The summed E-state index contributed by atoms with van der Waals surface area (Å²) in [4.78, 5) is 14.3. The Bertz CT molecular complexity index is 3260. The van der Waals surface area contributed by atoms with Crippen LogP contribution in [-0.2, 0) is 5.41 Å². The number of rotatable bonds is 8. The Morgan fingerprint density at radius 1 is 0.317 bits per heavy atom. The summed E-state index contributed by atoms with van der Waals surface area (Å²) < 4.78 is 0. The molecule has 63 heavy (non-hydrogen) atoms. The third-order valence-corrected chi connectivity index (χ3v) is 12.4. The smallest absolute Gasteiger partial charge is 0.187 e. The molecule has 3 nitrogen and oxygen atoms in total. The van der Waals surface area contributed by atoms with E-state index in [1.807, 2.05) is 30.3 Å². The Balaban J connectivity index is 0.991. The van der Waals surface area contributed by atoms with Crippen LogP contribution in [0.25, 0.3) is 83.3 Å². The topological polar surface area (TPSA) is 30.1 Å². The van der Waals surface area contributed by atoms with Gasteiger partial charge >= 0.3 is 0 Å². The fourth-order valence-electron chi connectivity index (χ4n) is 9.37. The van der Waals surface area contributed by atoms with E-state index in [0.29, 0.717) is 11.5 Å². The minimum Gasteiger partial charge on any atom is -0.238 e. The predicted octanol–water partition coefficient (Wildman–Crippen LogP) is 15.4. The van der Waals surface area contributed by atoms with Crippen LogP contribution in [0.5, 0.6) is 0 Å². The van der Waals surface area contributed by atoms with Crippen LogP contribution in [0.2, 0.25) is 0 Å². The highest BCUT2D eigenvalue weighted by Crippen LogP contribution is 2.57. The molecule has 1 aromatic heterocycles. The average Bonchev–Trinajstić information content (AvgIpc) is 3.67. The van der Waals surface area contributed by atoms with E-state index in [-0.39, 0.29) is 0 Å². The van der Waals surface area contributed by atoms with Crippen LogP contribution in [0, 0.1) is 6.57 Å². The SMILES string of the molecule is [C-]#[N+]c1ccc2c(c1)-c1cc(-c3cccc(-c4nc(-c5ccccc5)cc(-c5ccc(-c6ccc(-c7ccccc7)cc6)cc5)n4)c3)ccc1C2(c1ccccc1)c1ccccc1. The summed E-state index contributed by atoms with van der Waals surface area (Å²) in [6.07, 6.45) is 0. The molecule has 1 aliphatic rings. The van der Waals surface area contributed by atoms with Crippen LogP contribution >= 0.6 is 0 Å². The normalized spacial score (nSPS) is 12.2. The highest BCUT2D eigenvalue weighted by molar-refractivity contribution is 5.91. The summed E-state index contributed by atoms with van der Waals surface area (Å²) in [5.41, 5.74) is 18.7. The average molecular weight is 802 g/mol. The lowest BCUT2D eigenvalue weighted by Gasteiger charge is -2.34. The molecule has 0 atom stereocenters. The first-order chi connectivity index (χ1) is 31.2. The maximum Gasteiger partial charge on any atom is 0.187 e. The van der Waals surface area contributed by atoms with Crippen molar-refractivity contribution in [2.75, 3.05) is 0 Å². The number of benzene rings is 9. The Morgan fingerprint density at radius 3 is 1.27 bits per heavy atom. The van der Waals surface area contributed by atoms with E-state index < -0.39 is 5.41 Å². The first-order valence-electron chi connectivity index (χ1n) is 21.3. The molecule has 0 spiro atoms. The molecule has 0 saturated carbocycles. The van der Waals surface area contributed by atoms with Crippen molar-refractivity contribution >= 4 is 5.69 Å². The molecular weight excluding hydrogens is 763 g/mol. The van der Waals surface area contributed by atoms with Crippen molar-refractivity contribution in [3.05, 3.63) is 270 Å². The van der Waals surface area contributed by atoms with Gasteiger partial charge in [0.2, 0.25) is 0 Å². The van der Waals surface area contributed by atoms with Gasteiger partial charge in [-0.05, 0) is 91.0 Å². The zero-order valence-electron chi connectivity index (χ0n) is 34.4. The van der Waals surface area contributed by atoms with Gasteiger partial charge in [-0.3, -0.25) is 0 Å². The van der Waals surface area contributed by atoms with Gasteiger partial charge in [-0.1, -0.05) is 212 Å². The molecule has 294 valence electrons. The summed E-state index contributed by atoms with van der Waals surface area (Å²) in [7, 11) is 0. The van der Waals surface area contributed by atoms with Gasteiger partial charge < -0.3 is 0 Å². The maximum absolute atomic E-state index is 7.93. The van der Waals surface area contributed by atoms with Gasteiger partial charge in [0.15, 0.2) is 11.5 Å². The number of fused-ring (bicyclic) bond motifs is 3. The predicted molar refractivity (Wildman–Crippen MR) is 258 cm³/mol. The van der Waals surface area contributed by atoms with E-state index in [1.54, 1.807) is 0 Å². The summed E-state index contributed by atoms with van der Waals surface area (Å²) in [6.45, 7) is 7.93. The maximum atomic E-state index is 7.93. The minimum absolute atomic E-state index is 0.540. The standard InChI is InChI=1S/C60H39N3/c1-61-52-34-36-56-54(39-52)53-38-48(33-35-55(53)60(56,50-21-10-4-11-22-50)51-23-12-5-13-24-51)47-19-14-20-49(37-47)59-62-57(45-17-8-3-9-18-45)40-58(63-59)46-31-29-44(30-32-46)43-27-25-42(26-28-43)41-15-6-2-7-16-41/h2-40H. The zero-order chi connectivity index (χ0) is 42.2. The second-order valence-corrected chi connectivity index (χ2v) is 16.0. The van der Waals surface area contributed by atoms with E-state index >= 15 is 0 Å². The molecule has 0 unspecified atom stereocenters. The lowest BCUT2D eigenvalue weighted by Crippen LogP contribution is -2.28. The molecule has 10 aromatic rings. The fraction of sp³-hybridized carbons (Fsp3) is 0.0167. The summed E-state index contributed by atoms with van der Waals surface area (Å²) in [5.74, 6) is 0.661. The molecule has 0 radical (unpaired) electrons. The molecule has 3 heteroatoms. The largest absolute Gasteiger partial charge is 0.238 e. The number of hydrogen-bond acceptors (Lipinski definition) is 2. The lowest BCUT2D eigenvalue weighted by atomic mass is 9.67. The van der Waals surface area contributed by atoms with Crippen molar-refractivity contribution in [3.63, 3.8) is 0 Å². The third kappa shape index (κ3) is 6.72. The van der Waals surface area contributed by atoms with Crippen molar-refractivity contribution in [3.8, 4) is 78.4 Å². The van der Waals surface area contributed by atoms with Gasteiger partial charge in [0.1, 0.15) is 0 Å². The fourth-order valence-corrected chi connectivity index (χ4v) is 9.37. The molecule has 0 aliphatic heterocycles. The molecule has 0 saturated heterocycles. The van der Waals surface area contributed by atoms with E-state index in [4.69, 9.17) is 16.5 Å². The van der Waals surface area contributed by atoms with Crippen LogP contribution in [0.1, 0.15) is 22.3 Å². The number of nitrogens with zero attached hydrogens (tertiary/aromatic N) is 3. The molecule has 0 amide bonds. The van der Waals surface area contributed by atoms with Crippen LogP contribution in [0.3, 0.4) is 0 Å². The second-order valence-electron chi connectivity index (χ2n) is 16.0. The quantitative estimate of drug-likeness (QED) is 0.143. The summed E-state index contributed by atoms with van der Waals surface area (Å²) >= 11 is 0. The monoisotopic (exact) mass is 801 g/mol. The van der Waals surface area contributed by atoms with Crippen molar-refractivity contribution in [1.29, 1.82) is 0 Å². The van der Waals surface area contributed by atoms with Crippen molar-refractivity contribution in [2.24, 2.45) is 0 Å². The minimum atomic E-state index is -0.540. The van der Waals surface area contributed by atoms with E-state index in [0.717, 1.165) is 55.9 Å². The lowest BCUT2D eigenvalue weighted by molar-refractivity contribution is 0.768. The van der Waals surface area contributed by atoms with Crippen LogP contribution < -0.4 is 0 Å². The third-order valence-electron chi connectivity index (χ3n) is 12.4. The molecule has 0 bridgehead atoms. The van der Waals surface area contributed by atoms with Gasteiger partial charge in [-0.25, -0.2) is 14.8 Å². The van der Waals surface area contributed by atoms with Gasteiger partial charge in [0.05, 0.1) is 23.4 Å². The molecule has 0 N–H and O–H groups in total. The number of aromatic nitrogens is 2. The Hall–Kier alpha value is -8.45. The van der Waals surface area contributed by atoms with Crippen LogP contribution in [-0.4, -0.2) is 9.97 Å². The van der Waals surface area contributed by atoms with Gasteiger partial charge in [0.25, 0.3) is 0 Å². The van der Waals surface area contributed by atoms with E-state index in [2.05, 4.69) is 211 Å². The Morgan fingerprint density at radius 2 is 0.714 bits per heavy atom. The van der Waals surface area contributed by atoms with Gasteiger partial charge in [-0.15, -0.1) is 0 Å². The molecule has 1 aliphatic carbocycles. The Kier molecular flexibility index (Phi) is 9.45. The summed E-state index contributed by atoms with van der Waals surface area (Å²) in [6, 6.07) is 83.4. The molecule has 0 fully saturated rings. The molecule has 1 heterocycles. The number of hydrogen-bond donors (Lipinski definition) is 0.